The van der Waals surface area contributed by atoms with Crippen LogP contribution < -0.4 is 4.74 Å². The smallest absolute Gasteiger partial charge is 0.263 e. The van der Waals surface area contributed by atoms with Gasteiger partial charge in [0, 0.05) is 19.4 Å². The van der Waals surface area contributed by atoms with E-state index in [0.29, 0.717) is 17.3 Å². The SMILES string of the molecule is CC(Oc1ccccc1Cl)C(=O)N(C)Cc1ncc[nH]1. The van der Waals surface area contributed by atoms with E-state index in [4.69, 9.17) is 16.3 Å². The lowest BCUT2D eigenvalue weighted by atomic mass is 10.3. The van der Waals surface area contributed by atoms with E-state index in [-0.39, 0.29) is 5.91 Å². The van der Waals surface area contributed by atoms with Crippen molar-refractivity contribution in [2.75, 3.05) is 7.05 Å². The van der Waals surface area contributed by atoms with Crippen molar-refractivity contribution in [3.05, 3.63) is 47.5 Å². The number of ether oxygens (including phenoxy) is 1. The fraction of sp³-hybridized carbons (Fsp3) is 0.286. The number of carbonyl (C=O) groups excluding carboxylic acids is 1. The minimum atomic E-state index is -0.616. The quantitative estimate of drug-likeness (QED) is 0.921. The third-order valence-electron chi connectivity index (χ3n) is 2.81. The van der Waals surface area contributed by atoms with Gasteiger partial charge in [0.15, 0.2) is 6.10 Å². The Morgan fingerprint density at radius 2 is 2.25 bits per heavy atom. The molecule has 2 rings (SSSR count). The Hall–Kier alpha value is -2.01. The second kappa shape index (κ2) is 6.43. The van der Waals surface area contributed by atoms with Gasteiger partial charge in [-0.1, -0.05) is 23.7 Å². The normalized spacial score (nSPS) is 11.9. The van der Waals surface area contributed by atoms with Gasteiger partial charge in [0.05, 0.1) is 11.6 Å². The number of nitrogens with zero attached hydrogens (tertiary/aromatic N) is 2. The van der Waals surface area contributed by atoms with Crippen molar-refractivity contribution in [1.29, 1.82) is 0 Å². The van der Waals surface area contributed by atoms with Gasteiger partial charge in [-0.2, -0.15) is 0 Å². The molecular formula is C14H16ClN3O2. The van der Waals surface area contributed by atoms with Crippen LogP contribution in [-0.2, 0) is 11.3 Å². The molecule has 0 saturated carbocycles. The van der Waals surface area contributed by atoms with E-state index in [2.05, 4.69) is 9.97 Å². The first-order valence-electron chi connectivity index (χ1n) is 6.22. The monoisotopic (exact) mass is 293 g/mol. The second-order valence-corrected chi connectivity index (χ2v) is 4.83. The number of likely N-dealkylation sites (N-methyl/N-ethyl adjacent to an activating group) is 1. The average Bonchev–Trinajstić information content (AvgIpc) is 2.93. The number of aromatic nitrogens is 2. The zero-order valence-corrected chi connectivity index (χ0v) is 12.1. The average molecular weight is 294 g/mol. The number of halogens is 1. The molecule has 0 spiro atoms. The second-order valence-electron chi connectivity index (χ2n) is 4.42. The zero-order valence-electron chi connectivity index (χ0n) is 11.3. The van der Waals surface area contributed by atoms with Crippen LogP contribution in [0.4, 0.5) is 0 Å². The Kier molecular flexibility index (Phi) is 4.63. The van der Waals surface area contributed by atoms with Crippen LogP contribution in [0.1, 0.15) is 12.7 Å². The first kappa shape index (κ1) is 14.4. The van der Waals surface area contributed by atoms with E-state index in [1.54, 1.807) is 43.4 Å². The van der Waals surface area contributed by atoms with Gasteiger partial charge in [-0.3, -0.25) is 4.79 Å². The van der Waals surface area contributed by atoms with Crippen LogP contribution >= 0.6 is 11.6 Å². The molecule has 20 heavy (non-hydrogen) atoms. The van der Waals surface area contributed by atoms with Crippen molar-refractivity contribution >= 4 is 17.5 Å². The highest BCUT2D eigenvalue weighted by Gasteiger charge is 2.20. The maximum atomic E-state index is 12.2. The molecule has 5 nitrogen and oxygen atoms in total. The molecule has 1 heterocycles. The van der Waals surface area contributed by atoms with Gasteiger partial charge < -0.3 is 14.6 Å². The zero-order chi connectivity index (χ0) is 14.5. The predicted octanol–water partition coefficient (Wildman–Crippen LogP) is 2.49. The fourth-order valence-electron chi connectivity index (χ4n) is 1.78. The number of para-hydroxylation sites is 1. The van der Waals surface area contributed by atoms with E-state index in [1.807, 2.05) is 12.1 Å². The van der Waals surface area contributed by atoms with E-state index in [1.165, 1.54) is 0 Å². The third kappa shape index (κ3) is 3.51. The lowest BCUT2D eigenvalue weighted by Gasteiger charge is -2.21. The van der Waals surface area contributed by atoms with Crippen LogP contribution in [-0.4, -0.2) is 33.9 Å². The highest BCUT2D eigenvalue weighted by Crippen LogP contribution is 2.24. The lowest BCUT2D eigenvalue weighted by molar-refractivity contribution is -0.137. The van der Waals surface area contributed by atoms with Crippen LogP contribution in [0.15, 0.2) is 36.7 Å². The summed E-state index contributed by atoms with van der Waals surface area (Å²) < 4.78 is 5.59. The number of H-pyrrole nitrogens is 1. The minimum Gasteiger partial charge on any atom is -0.479 e. The molecule has 106 valence electrons. The van der Waals surface area contributed by atoms with Gasteiger partial charge in [-0.05, 0) is 19.1 Å². The number of carbonyl (C=O) groups is 1. The lowest BCUT2D eigenvalue weighted by Crippen LogP contribution is -2.37. The van der Waals surface area contributed by atoms with Crippen LogP contribution in [0.25, 0.3) is 0 Å². The van der Waals surface area contributed by atoms with Crippen molar-refractivity contribution in [2.45, 2.75) is 19.6 Å². The third-order valence-corrected chi connectivity index (χ3v) is 3.12. The van der Waals surface area contributed by atoms with Gasteiger partial charge in [-0.15, -0.1) is 0 Å². The Morgan fingerprint density at radius 3 is 2.90 bits per heavy atom. The van der Waals surface area contributed by atoms with Crippen molar-refractivity contribution in [3.63, 3.8) is 0 Å². The molecule has 0 aliphatic rings. The fourth-order valence-corrected chi connectivity index (χ4v) is 1.96. The number of aromatic amines is 1. The summed E-state index contributed by atoms with van der Waals surface area (Å²) in [6, 6.07) is 7.08. The summed E-state index contributed by atoms with van der Waals surface area (Å²) >= 11 is 6.00. The van der Waals surface area contributed by atoms with Crippen molar-refractivity contribution in [2.24, 2.45) is 0 Å². The number of hydrogen-bond acceptors (Lipinski definition) is 3. The van der Waals surface area contributed by atoms with Gasteiger partial charge >= 0.3 is 0 Å². The summed E-state index contributed by atoms with van der Waals surface area (Å²) in [5, 5.41) is 0.487. The summed E-state index contributed by atoms with van der Waals surface area (Å²) in [5.41, 5.74) is 0. The van der Waals surface area contributed by atoms with Crippen LogP contribution in [0.2, 0.25) is 5.02 Å². The molecule has 0 bridgehead atoms. The summed E-state index contributed by atoms with van der Waals surface area (Å²) in [7, 11) is 1.71. The molecule has 1 aromatic carbocycles. The van der Waals surface area contributed by atoms with E-state index < -0.39 is 6.10 Å². The van der Waals surface area contributed by atoms with Gasteiger partial charge in [0.1, 0.15) is 11.6 Å². The standard InChI is InChI=1S/C14H16ClN3O2/c1-10(20-12-6-4-3-5-11(12)15)14(19)18(2)9-13-16-7-8-17-13/h3-8,10H,9H2,1-2H3,(H,16,17). The Bertz CT molecular complexity index is 572. The number of imidazole rings is 1. The molecule has 1 aromatic heterocycles. The molecule has 1 unspecified atom stereocenters. The number of nitrogens with one attached hydrogen (secondary N) is 1. The van der Waals surface area contributed by atoms with Crippen molar-refractivity contribution in [1.82, 2.24) is 14.9 Å². The molecule has 0 fully saturated rings. The summed E-state index contributed by atoms with van der Waals surface area (Å²) in [5.74, 6) is 1.09. The maximum Gasteiger partial charge on any atom is 0.263 e. The summed E-state index contributed by atoms with van der Waals surface area (Å²) in [6.07, 6.45) is 2.75. The molecule has 0 radical (unpaired) electrons. The van der Waals surface area contributed by atoms with E-state index in [9.17, 15) is 4.79 Å². The molecule has 0 aliphatic heterocycles. The van der Waals surface area contributed by atoms with Crippen LogP contribution in [0.5, 0.6) is 5.75 Å². The van der Waals surface area contributed by atoms with Crippen molar-refractivity contribution in [3.8, 4) is 5.75 Å². The number of benzene rings is 1. The molecule has 1 atom stereocenters. The number of rotatable bonds is 5. The molecule has 6 heteroatoms. The molecule has 1 N–H and O–H groups in total. The topological polar surface area (TPSA) is 58.2 Å². The number of hydrogen-bond donors (Lipinski definition) is 1. The van der Waals surface area contributed by atoms with Crippen molar-refractivity contribution < 1.29 is 9.53 Å². The molecule has 2 aromatic rings. The number of amides is 1. The maximum absolute atomic E-state index is 12.2. The van der Waals surface area contributed by atoms with Crippen LogP contribution in [0.3, 0.4) is 0 Å². The highest BCUT2D eigenvalue weighted by atomic mass is 35.5. The van der Waals surface area contributed by atoms with Gasteiger partial charge in [0.2, 0.25) is 0 Å². The molecule has 1 amide bonds. The highest BCUT2D eigenvalue weighted by molar-refractivity contribution is 6.32. The molecule has 0 aliphatic carbocycles. The van der Waals surface area contributed by atoms with Gasteiger partial charge in [-0.25, -0.2) is 4.98 Å². The Labute approximate surface area is 122 Å². The Morgan fingerprint density at radius 1 is 1.50 bits per heavy atom. The summed E-state index contributed by atoms with van der Waals surface area (Å²) in [4.78, 5) is 20.8. The Balaban J connectivity index is 1.96. The van der Waals surface area contributed by atoms with Gasteiger partial charge in [0.25, 0.3) is 5.91 Å². The summed E-state index contributed by atoms with van der Waals surface area (Å²) in [6.45, 7) is 2.10. The first-order chi connectivity index (χ1) is 9.58. The van der Waals surface area contributed by atoms with Crippen LogP contribution in [0, 0.1) is 0 Å². The molecular weight excluding hydrogens is 278 g/mol. The van der Waals surface area contributed by atoms with E-state index >= 15 is 0 Å². The van der Waals surface area contributed by atoms with E-state index in [0.717, 1.165) is 5.82 Å². The predicted molar refractivity (Wildman–Crippen MR) is 76.6 cm³/mol. The minimum absolute atomic E-state index is 0.138. The first-order valence-corrected chi connectivity index (χ1v) is 6.60. The largest absolute Gasteiger partial charge is 0.479 e. The molecule has 0 saturated heterocycles.